The zero-order valence-electron chi connectivity index (χ0n) is 13.5. The van der Waals surface area contributed by atoms with Crippen LogP contribution in [-0.4, -0.2) is 52.8 Å². The molecule has 2 aromatic rings. The molecule has 1 aromatic heterocycles. The number of nitrogens with zero attached hydrogens (tertiary/aromatic N) is 3. The number of hydrogen-bond acceptors (Lipinski definition) is 4. The molecule has 0 saturated carbocycles. The van der Waals surface area contributed by atoms with Crippen molar-refractivity contribution < 1.29 is 14.0 Å². The summed E-state index contributed by atoms with van der Waals surface area (Å²) >= 11 is 0. The van der Waals surface area contributed by atoms with Crippen LogP contribution in [0, 0.1) is 6.92 Å². The number of amides is 2. The second-order valence-corrected chi connectivity index (χ2v) is 5.95. The summed E-state index contributed by atoms with van der Waals surface area (Å²) < 4.78 is 5.52. The lowest BCUT2D eigenvalue weighted by Gasteiger charge is -2.21. The van der Waals surface area contributed by atoms with E-state index in [9.17, 15) is 9.59 Å². The first-order valence-corrected chi connectivity index (χ1v) is 7.92. The summed E-state index contributed by atoms with van der Waals surface area (Å²) in [4.78, 5) is 31.9. The second kappa shape index (κ2) is 6.40. The maximum Gasteiger partial charge on any atom is 0.227 e. The van der Waals surface area contributed by atoms with Gasteiger partial charge in [0.15, 0.2) is 11.5 Å². The van der Waals surface area contributed by atoms with Gasteiger partial charge in [-0.1, -0.05) is 6.07 Å². The van der Waals surface area contributed by atoms with E-state index in [1.807, 2.05) is 30.0 Å². The van der Waals surface area contributed by atoms with E-state index in [2.05, 4.69) is 4.98 Å². The number of carbonyl (C=O) groups is 2. The van der Waals surface area contributed by atoms with E-state index in [1.165, 1.54) is 0 Å². The van der Waals surface area contributed by atoms with Gasteiger partial charge < -0.3 is 14.2 Å². The molecule has 23 heavy (non-hydrogen) atoms. The largest absolute Gasteiger partial charge is 0.441 e. The van der Waals surface area contributed by atoms with Gasteiger partial charge in [0.25, 0.3) is 0 Å². The molecule has 1 aromatic carbocycles. The van der Waals surface area contributed by atoms with Crippen molar-refractivity contribution in [2.75, 3.05) is 26.2 Å². The van der Waals surface area contributed by atoms with Crippen LogP contribution in [0.5, 0.6) is 0 Å². The normalized spacial score (nSPS) is 15.7. The predicted octanol–water partition coefficient (Wildman–Crippen LogP) is 1.76. The third-order valence-electron chi connectivity index (χ3n) is 4.21. The Morgan fingerprint density at radius 2 is 1.91 bits per heavy atom. The molecule has 1 fully saturated rings. The Morgan fingerprint density at radius 1 is 1.17 bits per heavy atom. The fraction of sp³-hybridized carbons (Fsp3) is 0.471. The zero-order chi connectivity index (χ0) is 16.4. The molecule has 0 N–H and O–H groups in total. The van der Waals surface area contributed by atoms with Crippen molar-refractivity contribution in [1.29, 1.82) is 0 Å². The van der Waals surface area contributed by atoms with Crippen LogP contribution in [0.15, 0.2) is 22.6 Å². The number of oxazole rings is 1. The lowest BCUT2D eigenvalue weighted by Crippen LogP contribution is -2.37. The van der Waals surface area contributed by atoms with Crippen molar-refractivity contribution in [3.63, 3.8) is 0 Å². The van der Waals surface area contributed by atoms with E-state index in [1.54, 1.807) is 11.8 Å². The van der Waals surface area contributed by atoms with Crippen LogP contribution < -0.4 is 0 Å². The minimum atomic E-state index is 0.0745. The van der Waals surface area contributed by atoms with Gasteiger partial charge in [0.2, 0.25) is 11.8 Å². The van der Waals surface area contributed by atoms with Gasteiger partial charge >= 0.3 is 0 Å². The van der Waals surface area contributed by atoms with E-state index >= 15 is 0 Å². The van der Waals surface area contributed by atoms with Gasteiger partial charge in [-0.15, -0.1) is 0 Å². The smallest absolute Gasteiger partial charge is 0.227 e. The molecule has 3 rings (SSSR count). The molecule has 2 amide bonds. The van der Waals surface area contributed by atoms with E-state index in [0.717, 1.165) is 24.0 Å². The monoisotopic (exact) mass is 315 g/mol. The van der Waals surface area contributed by atoms with E-state index in [4.69, 9.17) is 4.42 Å². The van der Waals surface area contributed by atoms with Gasteiger partial charge in [0.1, 0.15) is 5.52 Å². The topological polar surface area (TPSA) is 66.7 Å². The molecular weight excluding hydrogens is 294 g/mol. The standard InChI is InChI=1S/C17H21N3O3/c1-12-18-15-5-4-14(10-16(15)23-12)11-17(22)20-7-3-6-19(8-9-20)13(2)21/h4-5,10H,3,6-9,11H2,1-2H3. The second-order valence-electron chi connectivity index (χ2n) is 5.95. The molecule has 1 aliphatic rings. The van der Waals surface area contributed by atoms with Gasteiger partial charge in [0.05, 0.1) is 6.42 Å². The molecule has 122 valence electrons. The molecular formula is C17H21N3O3. The van der Waals surface area contributed by atoms with Crippen LogP contribution in [0.4, 0.5) is 0 Å². The Morgan fingerprint density at radius 3 is 2.70 bits per heavy atom. The van der Waals surface area contributed by atoms with Gasteiger partial charge in [-0.3, -0.25) is 9.59 Å². The molecule has 0 atom stereocenters. The van der Waals surface area contributed by atoms with E-state index in [-0.39, 0.29) is 11.8 Å². The first kappa shape index (κ1) is 15.5. The Labute approximate surface area is 135 Å². The third kappa shape index (κ3) is 3.52. The van der Waals surface area contributed by atoms with Crippen LogP contribution in [0.3, 0.4) is 0 Å². The fourth-order valence-electron chi connectivity index (χ4n) is 2.96. The van der Waals surface area contributed by atoms with Gasteiger partial charge in [-0.2, -0.15) is 0 Å². The van der Waals surface area contributed by atoms with Crippen molar-refractivity contribution in [2.45, 2.75) is 26.7 Å². The van der Waals surface area contributed by atoms with Crippen LogP contribution in [0.1, 0.15) is 24.8 Å². The third-order valence-corrected chi connectivity index (χ3v) is 4.21. The van der Waals surface area contributed by atoms with Gasteiger partial charge in [-0.05, 0) is 24.1 Å². The molecule has 2 heterocycles. The van der Waals surface area contributed by atoms with E-state index < -0.39 is 0 Å². The predicted molar refractivity (Wildman–Crippen MR) is 85.9 cm³/mol. The lowest BCUT2D eigenvalue weighted by atomic mass is 10.1. The molecule has 6 nitrogen and oxygen atoms in total. The van der Waals surface area contributed by atoms with Crippen LogP contribution in [0.2, 0.25) is 0 Å². The maximum absolute atomic E-state index is 12.5. The molecule has 0 unspecified atom stereocenters. The fourth-order valence-corrected chi connectivity index (χ4v) is 2.96. The highest BCUT2D eigenvalue weighted by atomic mass is 16.3. The van der Waals surface area contributed by atoms with Crippen molar-refractivity contribution in [1.82, 2.24) is 14.8 Å². The highest BCUT2D eigenvalue weighted by Gasteiger charge is 2.20. The highest BCUT2D eigenvalue weighted by molar-refractivity contribution is 5.81. The Hall–Kier alpha value is -2.37. The molecule has 0 aliphatic carbocycles. The summed E-state index contributed by atoms with van der Waals surface area (Å²) in [5, 5.41) is 0. The number of benzene rings is 1. The van der Waals surface area contributed by atoms with Gasteiger partial charge in [0, 0.05) is 40.0 Å². The minimum Gasteiger partial charge on any atom is -0.441 e. The SMILES string of the molecule is CC(=O)N1CCCN(C(=O)Cc2ccc3nc(C)oc3c2)CC1. The van der Waals surface area contributed by atoms with Crippen molar-refractivity contribution >= 4 is 22.9 Å². The van der Waals surface area contributed by atoms with Crippen molar-refractivity contribution in [3.05, 3.63) is 29.7 Å². The zero-order valence-corrected chi connectivity index (χ0v) is 13.5. The molecule has 0 spiro atoms. The Kier molecular flexibility index (Phi) is 4.32. The summed E-state index contributed by atoms with van der Waals surface area (Å²) in [5.74, 6) is 0.789. The van der Waals surface area contributed by atoms with Crippen LogP contribution >= 0.6 is 0 Å². The van der Waals surface area contributed by atoms with Crippen LogP contribution in [-0.2, 0) is 16.0 Å². The van der Waals surface area contributed by atoms with E-state index in [0.29, 0.717) is 37.5 Å². The van der Waals surface area contributed by atoms with Crippen molar-refractivity contribution in [2.24, 2.45) is 0 Å². The first-order chi connectivity index (χ1) is 11.0. The molecule has 1 aliphatic heterocycles. The summed E-state index contributed by atoms with van der Waals surface area (Å²) in [7, 11) is 0. The first-order valence-electron chi connectivity index (χ1n) is 7.92. The number of aryl methyl sites for hydroxylation is 1. The molecule has 6 heteroatoms. The summed E-state index contributed by atoms with van der Waals surface area (Å²) in [6.07, 6.45) is 1.17. The quantitative estimate of drug-likeness (QED) is 0.847. The van der Waals surface area contributed by atoms with Crippen LogP contribution in [0.25, 0.3) is 11.1 Å². The molecule has 1 saturated heterocycles. The highest BCUT2D eigenvalue weighted by Crippen LogP contribution is 2.18. The maximum atomic E-state index is 12.5. The summed E-state index contributed by atoms with van der Waals surface area (Å²) in [6, 6.07) is 5.68. The van der Waals surface area contributed by atoms with Crippen molar-refractivity contribution in [3.8, 4) is 0 Å². The summed E-state index contributed by atoms with van der Waals surface area (Å²) in [5.41, 5.74) is 2.45. The number of carbonyl (C=O) groups excluding carboxylic acids is 2. The Bertz CT molecular complexity index is 738. The lowest BCUT2D eigenvalue weighted by molar-refractivity contribution is -0.132. The summed E-state index contributed by atoms with van der Waals surface area (Å²) in [6.45, 7) is 6.02. The molecule has 0 radical (unpaired) electrons. The minimum absolute atomic E-state index is 0.0745. The Balaban J connectivity index is 1.66. The number of hydrogen-bond donors (Lipinski definition) is 0. The average molecular weight is 315 g/mol. The number of fused-ring (bicyclic) bond motifs is 1. The molecule has 0 bridgehead atoms. The average Bonchev–Trinajstić information content (AvgIpc) is 2.72. The number of aromatic nitrogens is 1. The van der Waals surface area contributed by atoms with Gasteiger partial charge in [-0.25, -0.2) is 4.98 Å². The number of rotatable bonds is 2.